The summed E-state index contributed by atoms with van der Waals surface area (Å²) in [6, 6.07) is 9.86. The van der Waals surface area contributed by atoms with Gasteiger partial charge in [-0.15, -0.1) is 0 Å². The molecule has 5 nitrogen and oxygen atoms in total. The van der Waals surface area contributed by atoms with E-state index in [9.17, 15) is 4.79 Å². The maximum Gasteiger partial charge on any atom is 0.319 e. The van der Waals surface area contributed by atoms with Gasteiger partial charge in [0.25, 0.3) is 0 Å². The molecule has 5 heteroatoms. The number of aromatic nitrogens is 2. The monoisotopic (exact) mass is 270 g/mol. The number of benzene rings is 1. The third kappa shape index (κ3) is 2.99. The van der Waals surface area contributed by atoms with E-state index in [0.29, 0.717) is 11.6 Å². The van der Waals surface area contributed by atoms with Crippen LogP contribution in [-0.2, 0) is 0 Å². The molecule has 1 aliphatic carbocycles. The van der Waals surface area contributed by atoms with Crippen LogP contribution in [0.1, 0.15) is 19.8 Å². The molecule has 104 valence electrons. The van der Waals surface area contributed by atoms with Gasteiger partial charge in [-0.3, -0.25) is 0 Å². The van der Waals surface area contributed by atoms with Crippen molar-refractivity contribution in [2.75, 3.05) is 5.32 Å². The largest absolute Gasteiger partial charge is 0.335 e. The Morgan fingerprint density at radius 3 is 2.80 bits per heavy atom. The van der Waals surface area contributed by atoms with Gasteiger partial charge in [-0.1, -0.05) is 18.2 Å². The van der Waals surface area contributed by atoms with Crippen LogP contribution in [0.25, 0.3) is 5.69 Å². The SMILES string of the molecule is C[C@@H](NC(=O)Nc1cnn(-c2ccccc2)c1)C1CC1. The highest BCUT2D eigenvalue weighted by molar-refractivity contribution is 5.89. The Kier molecular flexibility index (Phi) is 3.41. The lowest BCUT2D eigenvalue weighted by molar-refractivity contribution is 0.248. The highest BCUT2D eigenvalue weighted by atomic mass is 16.2. The first-order valence-electron chi connectivity index (χ1n) is 6.90. The molecule has 0 aliphatic heterocycles. The molecule has 0 radical (unpaired) electrons. The molecule has 2 N–H and O–H groups in total. The van der Waals surface area contributed by atoms with Crippen LogP contribution >= 0.6 is 0 Å². The first-order valence-corrected chi connectivity index (χ1v) is 6.90. The average Bonchev–Trinajstić information content (AvgIpc) is 3.21. The number of hydrogen-bond donors (Lipinski definition) is 2. The van der Waals surface area contributed by atoms with Crippen LogP contribution in [0.3, 0.4) is 0 Å². The fourth-order valence-corrected chi connectivity index (χ4v) is 2.20. The Balaban J connectivity index is 1.61. The topological polar surface area (TPSA) is 59.0 Å². The standard InChI is InChI=1S/C15H18N4O/c1-11(12-7-8-12)17-15(20)18-13-9-16-19(10-13)14-5-3-2-4-6-14/h2-6,9-12H,7-8H2,1H3,(H2,17,18,20)/t11-/m1/s1. The lowest BCUT2D eigenvalue weighted by Crippen LogP contribution is -2.37. The van der Waals surface area contributed by atoms with E-state index in [0.717, 1.165) is 5.69 Å². The second-order valence-electron chi connectivity index (χ2n) is 5.23. The number of carbonyl (C=O) groups is 1. The Morgan fingerprint density at radius 1 is 1.35 bits per heavy atom. The summed E-state index contributed by atoms with van der Waals surface area (Å²) in [5.74, 6) is 0.646. The Labute approximate surface area is 118 Å². The number of nitrogens with one attached hydrogen (secondary N) is 2. The molecular weight excluding hydrogens is 252 g/mol. The molecule has 1 heterocycles. The number of rotatable bonds is 4. The van der Waals surface area contributed by atoms with Crippen molar-refractivity contribution in [2.24, 2.45) is 5.92 Å². The van der Waals surface area contributed by atoms with E-state index in [1.165, 1.54) is 12.8 Å². The Morgan fingerprint density at radius 2 is 2.10 bits per heavy atom. The molecule has 0 saturated heterocycles. The molecular formula is C15H18N4O. The van der Waals surface area contributed by atoms with E-state index in [-0.39, 0.29) is 12.1 Å². The summed E-state index contributed by atoms with van der Waals surface area (Å²) in [5, 5.41) is 10.0. The van der Waals surface area contributed by atoms with Crippen molar-refractivity contribution in [2.45, 2.75) is 25.8 Å². The lowest BCUT2D eigenvalue weighted by atomic mass is 10.2. The van der Waals surface area contributed by atoms with E-state index in [1.54, 1.807) is 17.1 Å². The lowest BCUT2D eigenvalue weighted by Gasteiger charge is -2.12. The smallest absolute Gasteiger partial charge is 0.319 e. The highest BCUT2D eigenvalue weighted by Gasteiger charge is 2.28. The van der Waals surface area contributed by atoms with Crippen LogP contribution in [-0.4, -0.2) is 21.9 Å². The van der Waals surface area contributed by atoms with Crippen molar-refractivity contribution < 1.29 is 4.79 Å². The summed E-state index contributed by atoms with van der Waals surface area (Å²) in [5.41, 5.74) is 1.65. The number of amides is 2. The van der Waals surface area contributed by atoms with Gasteiger partial charge < -0.3 is 10.6 Å². The molecule has 3 rings (SSSR count). The average molecular weight is 270 g/mol. The van der Waals surface area contributed by atoms with Gasteiger partial charge in [0.2, 0.25) is 0 Å². The van der Waals surface area contributed by atoms with Gasteiger partial charge in [0.05, 0.1) is 23.8 Å². The second kappa shape index (κ2) is 5.36. The summed E-state index contributed by atoms with van der Waals surface area (Å²) in [4.78, 5) is 11.8. The summed E-state index contributed by atoms with van der Waals surface area (Å²) in [7, 11) is 0. The number of hydrogen-bond acceptors (Lipinski definition) is 2. The minimum absolute atomic E-state index is 0.169. The predicted molar refractivity (Wildman–Crippen MR) is 77.9 cm³/mol. The summed E-state index contributed by atoms with van der Waals surface area (Å²) in [6.07, 6.45) is 5.88. The van der Waals surface area contributed by atoms with Crippen LogP contribution in [0, 0.1) is 5.92 Å². The molecule has 0 unspecified atom stereocenters. The van der Waals surface area contributed by atoms with Crippen LogP contribution < -0.4 is 10.6 Å². The van der Waals surface area contributed by atoms with Gasteiger partial charge in [-0.2, -0.15) is 5.10 Å². The Hall–Kier alpha value is -2.30. The maximum atomic E-state index is 11.8. The van der Waals surface area contributed by atoms with Crippen molar-refractivity contribution >= 4 is 11.7 Å². The zero-order valence-corrected chi connectivity index (χ0v) is 11.4. The predicted octanol–water partition coefficient (Wildman–Crippen LogP) is 2.79. The second-order valence-corrected chi connectivity index (χ2v) is 5.23. The molecule has 1 aliphatic rings. The van der Waals surface area contributed by atoms with E-state index in [2.05, 4.69) is 15.7 Å². The van der Waals surface area contributed by atoms with Crippen molar-refractivity contribution in [1.82, 2.24) is 15.1 Å². The molecule has 2 aromatic rings. The third-order valence-corrected chi connectivity index (χ3v) is 3.55. The molecule has 20 heavy (non-hydrogen) atoms. The summed E-state index contributed by atoms with van der Waals surface area (Å²) in [6.45, 7) is 2.05. The molecule has 1 fully saturated rings. The fraction of sp³-hybridized carbons (Fsp3) is 0.333. The normalized spacial score (nSPS) is 15.7. The first kappa shape index (κ1) is 12.7. The first-order chi connectivity index (χ1) is 9.72. The number of nitrogens with zero attached hydrogens (tertiary/aromatic N) is 2. The van der Waals surface area contributed by atoms with Crippen molar-refractivity contribution in [3.8, 4) is 5.69 Å². The quantitative estimate of drug-likeness (QED) is 0.897. The molecule has 1 aromatic carbocycles. The fourth-order valence-electron chi connectivity index (χ4n) is 2.20. The van der Waals surface area contributed by atoms with Gasteiger partial charge >= 0.3 is 6.03 Å². The van der Waals surface area contributed by atoms with E-state index in [1.807, 2.05) is 37.3 Å². The molecule has 1 aromatic heterocycles. The van der Waals surface area contributed by atoms with E-state index >= 15 is 0 Å². The van der Waals surface area contributed by atoms with E-state index < -0.39 is 0 Å². The summed E-state index contributed by atoms with van der Waals surface area (Å²) >= 11 is 0. The number of para-hydroxylation sites is 1. The molecule has 1 saturated carbocycles. The van der Waals surface area contributed by atoms with Gasteiger partial charge in [-0.25, -0.2) is 9.48 Å². The van der Waals surface area contributed by atoms with Gasteiger partial charge in [0.15, 0.2) is 0 Å². The minimum atomic E-state index is -0.169. The van der Waals surface area contributed by atoms with Crippen LogP contribution in [0.4, 0.5) is 10.5 Å². The van der Waals surface area contributed by atoms with Crippen LogP contribution in [0.5, 0.6) is 0 Å². The molecule has 1 atom stereocenters. The van der Waals surface area contributed by atoms with Gasteiger partial charge in [0.1, 0.15) is 0 Å². The van der Waals surface area contributed by atoms with E-state index in [4.69, 9.17) is 0 Å². The molecule has 2 amide bonds. The maximum absolute atomic E-state index is 11.8. The number of anilines is 1. The molecule has 0 bridgehead atoms. The molecule has 0 spiro atoms. The van der Waals surface area contributed by atoms with Crippen LogP contribution in [0.15, 0.2) is 42.7 Å². The van der Waals surface area contributed by atoms with Crippen LogP contribution in [0.2, 0.25) is 0 Å². The minimum Gasteiger partial charge on any atom is -0.335 e. The highest BCUT2D eigenvalue weighted by Crippen LogP contribution is 2.32. The zero-order valence-electron chi connectivity index (χ0n) is 11.4. The number of urea groups is 1. The Bertz CT molecular complexity index is 589. The summed E-state index contributed by atoms with van der Waals surface area (Å²) < 4.78 is 1.74. The van der Waals surface area contributed by atoms with Gasteiger partial charge in [0, 0.05) is 6.04 Å². The third-order valence-electron chi connectivity index (χ3n) is 3.55. The van der Waals surface area contributed by atoms with Gasteiger partial charge in [-0.05, 0) is 37.8 Å². The van der Waals surface area contributed by atoms with Crippen molar-refractivity contribution in [3.63, 3.8) is 0 Å². The van der Waals surface area contributed by atoms with Crippen molar-refractivity contribution in [1.29, 1.82) is 0 Å². The van der Waals surface area contributed by atoms with Crippen molar-refractivity contribution in [3.05, 3.63) is 42.7 Å². The number of carbonyl (C=O) groups excluding carboxylic acids is 1. The zero-order chi connectivity index (χ0) is 13.9.